The van der Waals surface area contributed by atoms with Gasteiger partial charge in [0.15, 0.2) is 17.4 Å². The average molecular weight is 391 g/mol. The highest BCUT2D eigenvalue weighted by atomic mass is 16.2. The molecule has 3 heterocycles. The highest BCUT2D eigenvalue weighted by Gasteiger charge is 2.19. The van der Waals surface area contributed by atoms with E-state index in [1.807, 2.05) is 39.8 Å². The number of nitrogens with zero attached hydrogens (tertiary/aromatic N) is 5. The van der Waals surface area contributed by atoms with Crippen LogP contribution in [0.1, 0.15) is 29.8 Å². The number of carbonyl (C=O) groups is 1. The maximum absolute atomic E-state index is 11.8. The number of hydrogen-bond acceptors (Lipinski definition) is 4. The van der Waals surface area contributed by atoms with E-state index < -0.39 is 0 Å². The number of rotatable bonds is 6. The topological polar surface area (TPSA) is 86.9 Å². The molecule has 0 radical (unpaired) electrons. The Morgan fingerprint density at radius 1 is 1.10 bits per heavy atom. The Morgan fingerprint density at radius 2 is 1.97 bits per heavy atom. The molecule has 0 saturated carbocycles. The van der Waals surface area contributed by atoms with Crippen molar-refractivity contribution in [3.8, 4) is 0 Å². The van der Waals surface area contributed by atoms with Gasteiger partial charge in [0, 0.05) is 39.3 Å². The lowest BCUT2D eigenvalue weighted by atomic mass is 10.1. The van der Waals surface area contributed by atoms with Crippen LogP contribution in [0.25, 0.3) is 5.65 Å². The predicted octanol–water partition coefficient (Wildman–Crippen LogP) is 1.72. The molecule has 29 heavy (non-hydrogen) atoms. The molecule has 0 bridgehead atoms. The highest BCUT2D eigenvalue weighted by molar-refractivity contribution is 5.79. The van der Waals surface area contributed by atoms with Crippen molar-refractivity contribution in [1.29, 1.82) is 0 Å². The Balaban J connectivity index is 1.32. The Bertz CT molecular complexity index is 1030. The fourth-order valence-electron chi connectivity index (χ4n) is 3.51. The molecule has 0 unspecified atom stereocenters. The summed E-state index contributed by atoms with van der Waals surface area (Å²) >= 11 is 0. The molecule has 0 atom stereocenters. The van der Waals surface area contributed by atoms with Crippen LogP contribution < -0.4 is 10.6 Å². The molecular formula is C21H25N7O. The first kappa shape index (κ1) is 18.9. The molecule has 4 rings (SSSR count). The molecule has 0 spiro atoms. The van der Waals surface area contributed by atoms with Gasteiger partial charge in [0.1, 0.15) is 0 Å². The van der Waals surface area contributed by atoms with Gasteiger partial charge in [-0.05, 0) is 29.7 Å². The second-order valence-corrected chi connectivity index (χ2v) is 7.06. The zero-order valence-corrected chi connectivity index (χ0v) is 16.5. The summed E-state index contributed by atoms with van der Waals surface area (Å²) in [6.07, 6.45) is 3.58. The van der Waals surface area contributed by atoms with Crippen LogP contribution in [0.2, 0.25) is 0 Å². The lowest BCUT2D eigenvalue weighted by Crippen LogP contribution is -2.36. The molecule has 2 N–H and O–H groups in total. The van der Waals surface area contributed by atoms with Crippen LogP contribution in [0.4, 0.5) is 0 Å². The van der Waals surface area contributed by atoms with Crippen LogP contribution in [0, 0.1) is 0 Å². The molecule has 1 aliphatic rings. The highest BCUT2D eigenvalue weighted by Crippen LogP contribution is 2.15. The van der Waals surface area contributed by atoms with Gasteiger partial charge >= 0.3 is 0 Å². The van der Waals surface area contributed by atoms with Crippen molar-refractivity contribution in [3.05, 3.63) is 65.6 Å². The first-order valence-electron chi connectivity index (χ1n) is 9.81. The van der Waals surface area contributed by atoms with Gasteiger partial charge in [0.2, 0.25) is 5.91 Å². The van der Waals surface area contributed by atoms with Crippen LogP contribution in [0.15, 0.2) is 53.7 Å². The maximum Gasteiger partial charge on any atom is 0.222 e. The van der Waals surface area contributed by atoms with Crippen LogP contribution in [-0.4, -0.2) is 45.0 Å². The molecule has 150 valence electrons. The molecule has 1 aliphatic heterocycles. The number of hydrogen-bond donors (Lipinski definition) is 2. The third-order valence-corrected chi connectivity index (χ3v) is 5.02. The number of aromatic nitrogens is 3. The third kappa shape index (κ3) is 4.53. The van der Waals surface area contributed by atoms with Crippen molar-refractivity contribution >= 4 is 17.5 Å². The summed E-state index contributed by atoms with van der Waals surface area (Å²) in [6.45, 7) is 2.69. The van der Waals surface area contributed by atoms with Gasteiger partial charge in [-0.2, -0.15) is 0 Å². The first-order valence-corrected chi connectivity index (χ1v) is 9.81. The molecule has 1 aromatic carbocycles. The van der Waals surface area contributed by atoms with Crippen LogP contribution in [0.3, 0.4) is 0 Å². The number of amides is 1. The summed E-state index contributed by atoms with van der Waals surface area (Å²) in [4.78, 5) is 18.1. The third-order valence-electron chi connectivity index (χ3n) is 5.02. The lowest BCUT2D eigenvalue weighted by Gasteiger charge is -2.16. The second-order valence-electron chi connectivity index (χ2n) is 7.06. The van der Waals surface area contributed by atoms with Gasteiger partial charge < -0.3 is 15.5 Å². The number of aliphatic imine (C=N–C) groups is 1. The van der Waals surface area contributed by atoms with Crippen LogP contribution in [-0.2, 0) is 24.4 Å². The van der Waals surface area contributed by atoms with E-state index in [2.05, 4.69) is 44.0 Å². The molecule has 1 amide bonds. The fourth-order valence-corrected chi connectivity index (χ4v) is 3.51. The van der Waals surface area contributed by atoms with Gasteiger partial charge in [-0.15, -0.1) is 10.2 Å². The molecular weight excluding hydrogens is 366 g/mol. The monoisotopic (exact) mass is 391 g/mol. The molecule has 8 heteroatoms. The molecule has 8 nitrogen and oxygen atoms in total. The van der Waals surface area contributed by atoms with Crippen molar-refractivity contribution in [3.63, 3.8) is 0 Å². The van der Waals surface area contributed by atoms with Crippen molar-refractivity contribution in [2.24, 2.45) is 4.99 Å². The number of fused-ring (bicyclic) bond motifs is 1. The van der Waals surface area contributed by atoms with E-state index in [1.165, 1.54) is 0 Å². The minimum absolute atomic E-state index is 0.249. The predicted molar refractivity (Wildman–Crippen MR) is 111 cm³/mol. The summed E-state index contributed by atoms with van der Waals surface area (Å²) in [5.41, 5.74) is 3.11. The van der Waals surface area contributed by atoms with Gasteiger partial charge in [-0.3, -0.25) is 14.2 Å². The van der Waals surface area contributed by atoms with Crippen LogP contribution in [0.5, 0.6) is 0 Å². The van der Waals surface area contributed by atoms with Gasteiger partial charge in [0.25, 0.3) is 0 Å². The van der Waals surface area contributed by atoms with E-state index in [1.54, 1.807) is 7.05 Å². The largest absolute Gasteiger partial charge is 0.352 e. The van der Waals surface area contributed by atoms with Crippen molar-refractivity contribution < 1.29 is 4.79 Å². The van der Waals surface area contributed by atoms with E-state index in [0.717, 1.165) is 35.6 Å². The van der Waals surface area contributed by atoms with E-state index >= 15 is 0 Å². The van der Waals surface area contributed by atoms with Crippen molar-refractivity contribution in [2.45, 2.75) is 32.5 Å². The second kappa shape index (κ2) is 8.72. The Kier molecular flexibility index (Phi) is 5.69. The number of nitrogens with one attached hydrogen (secondary N) is 2. The summed E-state index contributed by atoms with van der Waals surface area (Å²) in [5.74, 6) is 1.76. The zero-order chi connectivity index (χ0) is 20.1. The Hall–Kier alpha value is -3.42. The number of pyridine rings is 1. The maximum atomic E-state index is 11.8. The number of likely N-dealkylation sites (tertiary alicyclic amines) is 1. The number of guanidine groups is 1. The SMILES string of the molecule is CN=C(NCc1cccc(CN2CCCC2=O)c1)NCc1nnc2ccccn12. The normalized spacial score (nSPS) is 14.6. The van der Waals surface area contributed by atoms with Crippen molar-refractivity contribution in [2.75, 3.05) is 13.6 Å². The smallest absolute Gasteiger partial charge is 0.222 e. The van der Waals surface area contributed by atoms with Crippen LogP contribution >= 0.6 is 0 Å². The minimum Gasteiger partial charge on any atom is -0.352 e. The summed E-state index contributed by atoms with van der Waals surface area (Å²) in [6, 6.07) is 14.1. The first-order chi connectivity index (χ1) is 14.2. The van der Waals surface area contributed by atoms with E-state index in [0.29, 0.717) is 32.0 Å². The van der Waals surface area contributed by atoms with Gasteiger partial charge in [-0.1, -0.05) is 30.3 Å². The fraction of sp³-hybridized carbons (Fsp3) is 0.333. The lowest BCUT2D eigenvalue weighted by molar-refractivity contribution is -0.128. The quantitative estimate of drug-likeness (QED) is 0.494. The summed E-state index contributed by atoms with van der Waals surface area (Å²) < 4.78 is 1.95. The molecule has 0 aliphatic carbocycles. The zero-order valence-electron chi connectivity index (χ0n) is 16.5. The molecule has 3 aromatic rings. The summed E-state index contributed by atoms with van der Waals surface area (Å²) in [7, 11) is 1.74. The van der Waals surface area contributed by atoms with E-state index in [4.69, 9.17) is 0 Å². The Labute approximate surface area is 169 Å². The Morgan fingerprint density at radius 3 is 2.79 bits per heavy atom. The van der Waals surface area contributed by atoms with Gasteiger partial charge in [0.05, 0.1) is 6.54 Å². The number of benzene rings is 1. The minimum atomic E-state index is 0.249. The molecule has 1 fully saturated rings. The molecule has 2 aromatic heterocycles. The van der Waals surface area contributed by atoms with Crippen molar-refractivity contribution in [1.82, 2.24) is 30.1 Å². The van der Waals surface area contributed by atoms with Gasteiger partial charge in [-0.25, -0.2) is 0 Å². The molecule has 1 saturated heterocycles. The van der Waals surface area contributed by atoms with E-state index in [9.17, 15) is 4.79 Å². The standard InChI is InChI=1S/C21H25N7O/c1-22-21(24-14-19-26-25-18-8-2-3-11-28(18)19)23-13-16-6-4-7-17(12-16)15-27-10-5-9-20(27)29/h2-4,6-8,11-12H,5,9-10,13-15H2,1H3,(H2,22,23,24). The summed E-state index contributed by atoms with van der Waals surface area (Å²) in [5, 5.41) is 15.0. The average Bonchev–Trinajstić information content (AvgIpc) is 3.35. The number of carbonyl (C=O) groups excluding carboxylic acids is 1. The van der Waals surface area contributed by atoms with E-state index in [-0.39, 0.29) is 5.91 Å².